The monoisotopic (exact) mass is 527 g/mol. The van der Waals surface area contributed by atoms with Crippen LogP contribution in [0.5, 0.6) is 11.5 Å². The molecule has 2 saturated carbocycles. The van der Waals surface area contributed by atoms with Crippen LogP contribution in [0.4, 0.5) is 0 Å². The number of carbonyl (C=O) groups excluding carboxylic acids is 1. The van der Waals surface area contributed by atoms with E-state index < -0.39 is 18.1 Å². The molecule has 6 rings (SSSR count). The average molecular weight is 528 g/mol. The van der Waals surface area contributed by atoms with Gasteiger partial charge in [0.15, 0.2) is 17.6 Å². The number of ether oxygens (including phenoxy) is 3. The van der Waals surface area contributed by atoms with E-state index in [4.69, 9.17) is 14.2 Å². The van der Waals surface area contributed by atoms with Crippen molar-refractivity contribution in [3.63, 3.8) is 0 Å². The topological polar surface area (TPSA) is 85.3 Å². The molecule has 1 aliphatic heterocycles. The normalized spacial score (nSPS) is 23.9. The number of carboxylic acid groups (broad SMARTS) is 1. The molecule has 3 aromatic carbocycles. The number of hydrogen-bond donors (Lipinski definition) is 1. The van der Waals surface area contributed by atoms with Crippen LogP contribution in [0.3, 0.4) is 0 Å². The molecule has 2 aliphatic carbocycles. The van der Waals surface area contributed by atoms with E-state index in [0.29, 0.717) is 29.9 Å². The van der Waals surface area contributed by atoms with Crippen molar-refractivity contribution in [2.45, 2.75) is 57.1 Å². The van der Waals surface area contributed by atoms with E-state index in [-0.39, 0.29) is 25.0 Å². The summed E-state index contributed by atoms with van der Waals surface area (Å²) in [6.07, 6.45) is 2.54. The van der Waals surface area contributed by atoms with Crippen molar-refractivity contribution in [3.05, 3.63) is 95.1 Å². The fraction of sp³-hybridized carbons (Fsp3) is 0.375. The summed E-state index contributed by atoms with van der Waals surface area (Å²) < 4.78 is 18.3. The van der Waals surface area contributed by atoms with E-state index in [1.54, 1.807) is 7.11 Å². The third-order valence-corrected chi connectivity index (χ3v) is 8.36. The fourth-order valence-electron chi connectivity index (χ4n) is 6.17. The maximum Gasteiger partial charge on any atom is 0.326 e. The molecule has 3 aliphatic rings. The van der Waals surface area contributed by atoms with Gasteiger partial charge in [0.1, 0.15) is 12.6 Å². The van der Waals surface area contributed by atoms with E-state index in [1.807, 2.05) is 72.8 Å². The standard InChI is InChI=1S/C32H33NO6/c1-37-28-15-13-23-18-33(26(32(35)36)17-25(23)30(28)38-19-20-8-4-2-5-9-20)31(34)29(21-10-6-3-7-11-21)39-27-14-12-22-16-24(22)27/h2-11,13,15,22,24,26-27,29H,12,14,16-19H2,1H3,(H,35,36)/t22?,24?,26-,27+,29+/m0/s1. The Morgan fingerprint density at radius 1 is 1.00 bits per heavy atom. The van der Waals surface area contributed by atoms with Crippen LogP contribution in [0.1, 0.15) is 47.6 Å². The number of carbonyl (C=O) groups is 2. The lowest BCUT2D eigenvalue weighted by Gasteiger charge is -2.38. The number of carboxylic acids is 1. The first-order valence-electron chi connectivity index (χ1n) is 13.6. The molecule has 0 spiro atoms. The second kappa shape index (κ2) is 10.7. The van der Waals surface area contributed by atoms with Crippen molar-refractivity contribution in [2.75, 3.05) is 7.11 Å². The van der Waals surface area contributed by atoms with Gasteiger partial charge in [-0.1, -0.05) is 66.7 Å². The predicted molar refractivity (Wildman–Crippen MR) is 144 cm³/mol. The lowest BCUT2D eigenvalue weighted by atomic mass is 9.91. The maximum absolute atomic E-state index is 14.1. The van der Waals surface area contributed by atoms with Crippen molar-refractivity contribution >= 4 is 11.9 Å². The Labute approximate surface area is 228 Å². The van der Waals surface area contributed by atoms with Gasteiger partial charge in [0.2, 0.25) is 0 Å². The summed E-state index contributed by atoms with van der Waals surface area (Å²) in [7, 11) is 1.57. The number of aliphatic carboxylic acids is 1. The molecule has 2 fully saturated rings. The van der Waals surface area contributed by atoms with E-state index in [2.05, 4.69) is 0 Å². The van der Waals surface area contributed by atoms with E-state index in [9.17, 15) is 14.7 Å². The summed E-state index contributed by atoms with van der Waals surface area (Å²) >= 11 is 0. The highest BCUT2D eigenvalue weighted by atomic mass is 16.5. The number of hydrogen-bond acceptors (Lipinski definition) is 5. The van der Waals surface area contributed by atoms with Gasteiger partial charge >= 0.3 is 5.97 Å². The van der Waals surface area contributed by atoms with Crippen LogP contribution >= 0.6 is 0 Å². The molecule has 39 heavy (non-hydrogen) atoms. The van der Waals surface area contributed by atoms with Gasteiger partial charge in [0.05, 0.1) is 13.2 Å². The van der Waals surface area contributed by atoms with E-state index in [1.165, 1.54) is 4.90 Å². The highest BCUT2D eigenvalue weighted by Gasteiger charge is 2.50. The molecule has 5 atom stereocenters. The second-order valence-corrected chi connectivity index (χ2v) is 10.7. The second-order valence-electron chi connectivity index (χ2n) is 10.7. The number of nitrogens with zero attached hydrogens (tertiary/aromatic N) is 1. The first-order valence-corrected chi connectivity index (χ1v) is 13.6. The molecular weight excluding hydrogens is 494 g/mol. The minimum absolute atomic E-state index is 0.0340. The van der Waals surface area contributed by atoms with Gasteiger partial charge in [-0.05, 0) is 53.9 Å². The molecule has 0 radical (unpaired) electrons. The van der Waals surface area contributed by atoms with Gasteiger partial charge in [-0.25, -0.2) is 4.79 Å². The molecule has 1 N–H and O–H groups in total. The van der Waals surface area contributed by atoms with E-state index >= 15 is 0 Å². The molecule has 0 bridgehead atoms. The summed E-state index contributed by atoms with van der Waals surface area (Å²) in [5.74, 6) is 0.919. The minimum atomic E-state index is -1.05. The number of benzene rings is 3. The van der Waals surface area contributed by atoms with Crippen LogP contribution in [-0.4, -0.2) is 41.1 Å². The zero-order valence-corrected chi connectivity index (χ0v) is 22.0. The molecular formula is C32H33NO6. The minimum Gasteiger partial charge on any atom is -0.493 e. The Morgan fingerprint density at radius 3 is 2.38 bits per heavy atom. The Bertz CT molecular complexity index is 1340. The van der Waals surface area contributed by atoms with Gasteiger partial charge in [0, 0.05) is 18.5 Å². The third kappa shape index (κ3) is 5.11. The molecule has 0 aromatic heterocycles. The van der Waals surface area contributed by atoms with Crippen LogP contribution in [0.15, 0.2) is 72.8 Å². The van der Waals surface area contributed by atoms with Gasteiger partial charge in [-0.15, -0.1) is 0 Å². The summed E-state index contributed by atoms with van der Waals surface area (Å²) in [6, 6.07) is 21.9. The zero-order valence-electron chi connectivity index (χ0n) is 22.0. The fourth-order valence-corrected chi connectivity index (χ4v) is 6.17. The molecule has 2 unspecified atom stereocenters. The largest absolute Gasteiger partial charge is 0.493 e. The molecule has 1 amide bonds. The summed E-state index contributed by atoms with van der Waals surface area (Å²) in [4.78, 5) is 28.2. The van der Waals surface area contributed by atoms with Crippen LogP contribution in [0.25, 0.3) is 0 Å². The zero-order chi connectivity index (χ0) is 26.9. The lowest BCUT2D eigenvalue weighted by molar-refractivity contribution is -0.160. The van der Waals surface area contributed by atoms with Crippen molar-refractivity contribution in [2.24, 2.45) is 11.8 Å². The van der Waals surface area contributed by atoms with Crippen LogP contribution in [0, 0.1) is 11.8 Å². The van der Waals surface area contributed by atoms with Crippen LogP contribution in [-0.2, 0) is 33.9 Å². The Morgan fingerprint density at radius 2 is 1.74 bits per heavy atom. The molecule has 7 nitrogen and oxygen atoms in total. The number of amides is 1. The van der Waals surface area contributed by atoms with Gasteiger partial charge in [0.25, 0.3) is 5.91 Å². The van der Waals surface area contributed by atoms with Crippen molar-refractivity contribution < 1.29 is 28.9 Å². The molecule has 3 aromatic rings. The summed E-state index contributed by atoms with van der Waals surface area (Å²) in [6.45, 7) is 0.474. The lowest BCUT2D eigenvalue weighted by Crippen LogP contribution is -2.51. The molecule has 202 valence electrons. The molecule has 7 heteroatoms. The highest BCUT2D eigenvalue weighted by molar-refractivity contribution is 5.88. The van der Waals surface area contributed by atoms with Crippen molar-refractivity contribution in [1.82, 2.24) is 4.90 Å². The smallest absolute Gasteiger partial charge is 0.326 e. The number of fused-ring (bicyclic) bond motifs is 2. The van der Waals surface area contributed by atoms with Gasteiger partial charge < -0.3 is 24.2 Å². The van der Waals surface area contributed by atoms with Crippen molar-refractivity contribution in [3.8, 4) is 11.5 Å². The first-order chi connectivity index (χ1) is 19.0. The maximum atomic E-state index is 14.1. The van der Waals surface area contributed by atoms with Crippen LogP contribution < -0.4 is 9.47 Å². The predicted octanol–water partition coefficient (Wildman–Crippen LogP) is 5.17. The summed E-state index contributed by atoms with van der Waals surface area (Å²) in [5.41, 5.74) is 3.35. The first kappa shape index (κ1) is 25.4. The quantitative estimate of drug-likeness (QED) is 0.413. The van der Waals surface area contributed by atoms with Crippen molar-refractivity contribution in [1.29, 1.82) is 0 Å². The van der Waals surface area contributed by atoms with E-state index in [0.717, 1.165) is 41.5 Å². The third-order valence-electron chi connectivity index (χ3n) is 8.36. The van der Waals surface area contributed by atoms with Gasteiger partial charge in [-0.2, -0.15) is 0 Å². The Kier molecular flexibility index (Phi) is 7.00. The van der Waals surface area contributed by atoms with Gasteiger partial charge in [-0.3, -0.25) is 4.79 Å². The highest BCUT2D eigenvalue weighted by Crippen LogP contribution is 2.54. The Balaban J connectivity index is 1.31. The molecule has 1 heterocycles. The summed E-state index contributed by atoms with van der Waals surface area (Å²) in [5, 5.41) is 10.3. The molecule has 0 saturated heterocycles. The Hall–Kier alpha value is -3.84. The van der Waals surface area contributed by atoms with Crippen LogP contribution in [0.2, 0.25) is 0 Å². The average Bonchev–Trinajstić information content (AvgIpc) is 3.65. The SMILES string of the molecule is COc1ccc2c(c1OCc1ccccc1)C[C@@H](C(=O)O)N(C(=O)[C@H](O[C@@H]1CCC3CC31)c1ccccc1)C2. The number of rotatable bonds is 9. The number of methoxy groups -OCH3 is 1.